The number of aromatic nitrogens is 1. The second-order valence-electron chi connectivity index (χ2n) is 8.61. The molecule has 1 aromatic heterocycles. The van der Waals surface area contributed by atoms with Gasteiger partial charge in [0.15, 0.2) is 0 Å². The predicted molar refractivity (Wildman–Crippen MR) is 138 cm³/mol. The molecule has 1 aromatic rings. The molecule has 0 radical (unpaired) electrons. The molecular weight excluding hydrogens is 679 g/mol. The third-order valence-electron chi connectivity index (χ3n) is 6.66. The molecule has 4 aliphatic carbocycles. The van der Waals surface area contributed by atoms with Gasteiger partial charge in [-0.3, -0.25) is 4.98 Å². The Morgan fingerprint density at radius 3 is 1.70 bits per heavy atom. The van der Waals surface area contributed by atoms with Gasteiger partial charge in [-0.1, -0.05) is 25.7 Å². The molecule has 1 N–H and O–H groups in total. The van der Waals surface area contributed by atoms with Crippen LogP contribution in [0.2, 0.25) is 0 Å². The minimum atomic E-state index is 0. The smallest absolute Gasteiger partial charge is 0.122 e. The van der Waals surface area contributed by atoms with Crippen LogP contribution in [0.4, 0.5) is 0 Å². The molecule has 154 valence electrons. The Bertz CT molecular complexity index is 509. The Balaban J connectivity index is 0.000000188. The number of ether oxygens (including phenoxy) is 1. The summed E-state index contributed by atoms with van der Waals surface area (Å²) in [5.41, 5.74) is 0. The number of halogens is 3. The summed E-state index contributed by atoms with van der Waals surface area (Å²) in [6.45, 7) is 0. The second-order valence-corrected chi connectivity index (χ2v) is 8.61. The molecule has 27 heavy (non-hydrogen) atoms. The summed E-state index contributed by atoms with van der Waals surface area (Å²) < 4.78 is 6.00. The summed E-state index contributed by atoms with van der Waals surface area (Å²) in [7, 11) is 0. The second kappa shape index (κ2) is 12.7. The molecular formula is C21H32I3NO2. The van der Waals surface area contributed by atoms with E-state index in [-0.39, 0.29) is 30.1 Å². The van der Waals surface area contributed by atoms with Crippen molar-refractivity contribution in [3.8, 4) is 5.75 Å². The molecule has 4 fully saturated rings. The summed E-state index contributed by atoms with van der Waals surface area (Å²) in [5.74, 6) is 4.64. The number of fused-ring (bicyclic) bond motifs is 4. The van der Waals surface area contributed by atoms with E-state index in [1.165, 1.54) is 51.4 Å². The third kappa shape index (κ3) is 7.70. The highest BCUT2D eigenvalue weighted by molar-refractivity contribution is 15.0. The first kappa shape index (κ1) is 24.4. The molecule has 0 amide bonds. The van der Waals surface area contributed by atoms with Gasteiger partial charge in [0.25, 0.3) is 0 Å². The van der Waals surface area contributed by atoms with Gasteiger partial charge < -0.3 is 9.84 Å². The average molecular weight is 711 g/mol. The van der Waals surface area contributed by atoms with Crippen molar-refractivity contribution in [3.63, 3.8) is 0 Å². The maximum absolute atomic E-state index is 9.29. The summed E-state index contributed by atoms with van der Waals surface area (Å²) in [5, 5.41) is 9.29. The number of pyridine rings is 1. The molecule has 6 heteroatoms. The van der Waals surface area contributed by atoms with Gasteiger partial charge in [-0.2, -0.15) is 0 Å². The van der Waals surface area contributed by atoms with Crippen LogP contribution in [0.5, 0.6) is 5.75 Å². The maximum atomic E-state index is 9.29. The van der Waals surface area contributed by atoms with E-state index >= 15 is 0 Å². The summed E-state index contributed by atoms with van der Waals surface area (Å²) in [6.07, 6.45) is 17.3. The minimum Gasteiger partial charge on any atom is -0.490 e. The maximum Gasteiger partial charge on any atom is 0.122 e. The van der Waals surface area contributed by atoms with Crippen molar-refractivity contribution in [2.45, 2.75) is 76.4 Å². The van der Waals surface area contributed by atoms with Crippen LogP contribution in [0, 0.1) is 23.7 Å². The van der Waals surface area contributed by atoms with Gasteiger partial charge in [-0.15, -0.1) is 24.0 Å². The number of rotatable bonds is 2. The molecule has 0 aliphatic heterocycles. The van der Waals surface area contributed by atoms with Gasteiger partial charge in [0, 0.05) is 49.6 Å². The van der Waals surface area contributed by atoms with Crippen LogP contribution in [0.25, 0.3) is 0 Å². The number of hydrogen-bond acceptors (Lipinski definition) is 3. The summed E-state index contributed by atoms with van der Waals surface area (Å²) in [4.78, 5) is 4.00. The Labute approximate surface area is 204 Å². The van der Waals surface area contributed by atoms with E-state index < -0.39 is 0 Å². The zero-order chi connectivity index (χ0) is 18.4. The largest absolute Gasteiger partial charge is 0.490 e. The molecule has 3 nitrogen and oxygen atoms in total. The number of aliphatic hydroxyl groups is 1. The lowest BCUT2D eigenvalue weighted by molar-refractivity contribution is 0.0965. The van der Waals surface area contributed by atoms with E-state index in [0.717, 1.165) is 42.3 Å². The van der Waals surface area contributed by atoms with Crippen molar-refractivity contribution in [2.75, 3.05) is 0 Å². The van der Waals surface area contributed by atoms with Crippen molar-refractivity contribution in [3.05, 3.63) is 24.5 Å². The Morgan fingerprint density at radius 2 is 1.22 bits per heavy atom. The molecule has 6 atom stereocenters. The lowest BCUT2D eigenvalue weighted by Crippen LogP contribution is -2.25. The fourth-order valence-electron chi connectivity index (χ4n) is 5.62. The van der Waals surface area contributed by atoms with Crippen LogP contribution in [-0.2, 0) is 0 Å². The first-order chi connectivity index (χ1) is 12.7. The van der Waals surface area contributed by atoms with E-state index in [2.05, 4.69) is 42.2 Å². The zero-order valence-corrected chi connectivity index (χ0v) is 22.5. The van der Waals surface area contributed by atoms with Crippen LogP contribution in [0.1, 0.15) is 64.2 Å². The summed E-state index contributed by atoms with van der Waals surface area (Å²) in [6, 6.07) is 3.91. The highest BCUT2D eigenvalue weighted by atomic mass is 128. The van der Waals surface area contributed by atoms with Gasteiger partial charge in [0.05, 0.1) is 12.2 Å². The first-order valence-corrected chi connectivity index (χ1v) is 16.4. The topological polar surface area (TPSA) is 42.4 Å². The molecule has 0 spiro atoms. The SMILES string of the molecule is I.II.OC1C[C@H]2CC[C@@H](C1)C2.c1cc(OC2C[C@H]3CC[C@@H](C2)C3)ccn1. The Kier molecular flexibility index (Phi) is 11.5. The zero-order valence-electron chi connectivity index (χ0n) is 15.8. The number of aliphatic hydroxyl groups excluding tert-OH is 1. The molecule has 2 unspecified atom stereocenters. The number of nitrogens with zero attached hydrogens (tertiary/aromatic N) is 1. The fraction of sp³-hybridized carbons (Fsp3) is 0.762. The predicted octanol–water partition coefficient (Wildman–Crippen LogP) is 6.99. The van der Waals surface area contributed by atoms with E-state index in [1.807, 2.05) is 12.1 Å². The Hall–Kier alpha value is 1.10. The van der Waals surface area contributed by atoms with Crippen molar-refractivity contribution in [1.29, 1.82) is 0 Å². The highest BCUT2D eigenvalue weighted by Crippen LogP contribution is 2.43. The van der Waals surface area contributed by atoms with Gasteiger partial charge in [0.1, 0.15) is 5.75 Å². The average Bonchev–Trinajstić information content (AvgIpc) is 3.19. The molecule has 5 rings (SSSR count). The van der Waals surface area contributed by atoms with E-state index in [9.17, 15) is 5.11 Å². The third-order valence-corrected chi connectivity index (χ3v) is 6.66. The standard InChI is InChI=1S/C13H17NO.C8H14O.I2.HI/c1-2-11-7-10(1)8-13(9-11)15-12-3-5-14-6-4-12;9-8-4-6-1-2-7(3-6)5-8;1-2;/h3-6,10-11,13H,1-2,7-9H2;6-9H,1-5H2;;1H/t10-,11+,13?;6-,7+,8?;;. The minimum absolute atomic E-state index is 0. The molecule has 0 saturated heterocycles. The van der Waals surface area contributed by atoms with Gasteiger partial charge >= 0.3 is 0 Å². The molecule has 4 aliphatic rings. The lowest BCUT2D eigenvalue weighted by Gasteiger charge is -2.28. The highest BCUT2D eigenvalue weighted by Gasteiger charge is 2.35. The van der Waals surface area contributed by atoms with Crippen molar-refractivity contribution in [2.24, 2.45) is 23.7 Å². The van der Waals surface area contributed by atoms with Gasteiger partial charge in [-0.25, -0.2) is 0 Å². The van der Waals surface area contributed by atoms with Crippen LogP contribution >= 0.6 is 61.2 Å². The normalized spacial score (nSPS) is 35.7. The van der Waals surface area contributed by atoms with E-state index in [0.29, 0.717) is 6.10 Å². The lowest BCUT2D eigenvalue weighted by atomic mass is 9.87. The van der Waals surface area contributed by atoms with Crippen LogP contribution in [-0.4, -0.2) is 22.3 Å². The summed E-state index contributed by atoms with van der Waals surface area (Å²) >= 11 is 4.24. The molecule has 4 bridgehead atoms. The number of hydrogen-bond donors (Lipinski definition) is 1. The van der Waals surface area contributed by atoms with E-state index in [1.54, 1.807) is 12.4 Å². The van der Waals surface area contributed by atoms with Gasteiger partial charge in [0.2, 0.25) is 0 Å². The van der Waals surface area contributed by atoms with Crippen molar-refractivity contribution in [1.82, 2.24) is 4.98 Å². The Morgan fingerprint density at radius 1 is 0.778 bits per heavy atom. The first-order valence-electron chi connectivity index (χ1n) is 10.1. The fourth-order valence-corrected chi connectivity index (χ4v) is 5.62. The monoisotopic (exact) mass is 711 g/mol. The molecule has 4 saturated carbocycles. The van der Waals surface area contributed by atoms with Crippen LogP contribution < -0.4 is 4.74 Å². The molecule has 1 heterocycles. The van der Waals surface area contributed by atoms with Crippen molar-refractivity contribution >= 4 is 61.2 Å². The molecule has 0 aromatic carbocycles. The van der Waals surface area contributed by atoms with Crippen molar-refractivity contribution < 1.29 is 9.84 Å². The van der Waals surface area contributed by atoms with Crippen LogP contribution in [0.3, 0.4) is 0 Å². The quantitative estimate of drug-likeness (QED) is 0.337. The van der Waals surface area contributed by atoms with Crippen LogP contribution in [0.15, 0.2) is 24.5 Å². The van der Waals surface area contributed by atoms with Gasteiger partial charge in [-0.05, 0) is 74.3 Å². The van der Waals surface area contributed by atoms with E-state index in [4.69, 9.17) is 4.74 Å².